The van der Waals surface area contributed by atoms with E-state index in [4.69, 9.17) is 16.3 Å². The van der Waals surface area contributed by atoms with E-state index in [-0.39, 0.29) is 6.61 Å². The molecule has 0 aliphatic heterocycles. The quantitative estimate of drug-likeness (QED) is 0.625. The van der Waals surface area contributed by atoms with Crippen molar-refractivity contribution in [3.8, 4) is 0 Å². The smallest absolute Gasteiger partial charge is 0.339 e. The molecule has 0 bridgehead atoms. The van der Waals surface area contributed by atoms with Crippen molar-refractivity contribution in [2.75, 3.05) is 17.7 Å². The summed E-state index contributed by atoms with van der Waals surface area (Å²) in [5.41, 5.74) is 1.02. The van der Waals surface area contributed by atoms with Crippen molar-refractivity contribution in [1.29, 1.82) is 0 Å². The zero-order valence-electron chi connectivity index (χ0n) is 12.5. The highest BCUT2D eigenvalue weighted by Crippen LogP contribution is 2.22. The van der Waals surface area contributed by atoms with Crippen LogP contribution in [0, 0.1) is 0 Å². The van der Waals surface area contributed by atoms with E-state index in [0.717, 1.165) is 10.6 Å². The van der Waals surface area contributed by atoms with Gasteiger partial charge in [0.25, 0.3) is 5.91 Å². The van der Waals surface area contributed by atoms with E-state index >= 15 is 0 Å². The van der Waals surface area contributed by atoms with E-state index in [2.05, 4.69) is 5.32 Å². The van der Waals surface area contributed by atoms with Crippen LogP contribution in [0.15, 0.2) is 53.4 Å². The summed E-state index contributed by atoms with van der Waals surface area (Å²) in [7, 11) is 0. The normalized spacial score (nSPS) is 10.2. The van der Waals surface area contributed by atoms with E-state index in [1.807, 2.05) is 19.1 Å². The second-order valence-corrected chi connectivity index (χ2v) is 6.31. The lowest BCUT2D eigenvalue weighted by molar-refractivity contribution is -0.119. The van der Waals surface area contributed by atoms with Crippen LogP contribution in [0.5, 0.6) is 0 Å². The molecule has 4 nitrogen and oxygen atoms in total. The average molecular weight is 350 g/mol. The van der Waals surface area contributed by atoms with Gasteiger partial charge in [0.1, 0.15) is 0 Å². The molecule has 23 heavy (non-hydrogen) atoms. The van der Waals surface area contributed by atoms with Gasteiger partial charge >= 0.3 is 5.97 Å². The first kappa shape index (κ1) is 17.4. The molecular weight excluding hydrogens is 334 g/mol. The van der Waals surface area contributed by atoms with Crippen molar-refractivity contribution >= 4 is 40.9 Å². The number of hydrogen-bond acceptors (Lipinski definition) is 4. The maximum Gasteiger partial charge on any atom is 0.339 e. The van der Waals surface area contributed by atoms with Crippen molar-refractivity contribution in [2.24, 2.45) is 0 Å². The molecule has 0 spiro atoms. The second kappa shape index (κ2) is 8.60. The summed E-state index contributed by atoms with van der Waals surface area (Å²) in [6.45, 7) is 1.65. The molecular formula is C17H16ClNO3S. The number of halogens is 1. The third kappa shape index (κ3) is 5.30. The van der Waals surface area contributed by atoms with Gasteiger partial charge in [-0.05, 0) is 36.1 Å². The van der Waals surface area contributed by atoms with Crippen molar-refractivity contribution < 1.29 is 14.3 Å². The van der Waals surface area contributed by atoms with Crippen LogP contribution in [0.2, 0.25) is 5.02 Å². The highest BCUT2D eigenvalue weighted by molar-refractivity contribution is 7.99. The maximum absolute atomic E-state index is 12.1. The van der Waals surface area contributed by atoms with Gasteiger partial charge in [0.05, 0.1) is 5.56 Å². The van der Waals surface area contributed by atoms with E-state index < -0.39 is 11.9 Å². The summed E-state index contributed by atoms with van der Waals surface area (Å²) >= 11 is 7.40. The largest absolute Gasteiger partial charge is 0.452 e. The molecule has 2 rings (SSSR count). The molecule has 1 N–H and O–H groups in total. The van der Waals surface area contributed by atoms with Crippen molar-refractivity contribution in [3.63, 3.8) is 0 Å². The Balaban J connectivity index is 1.92. The van der Waals surface area contributed by atoms with Gasteiger partial charge in [-0.1, -0.05) is 36.7 Å². The zero-order chi connectivity index (χ0) is 16.7. The van der Waals surface area contributed by atoms with Gasteiger partial charge in [-0.2, -0.15) is 0 Å². The number of carbonyl (C=O) groups is 2. The molecule has 6 heteroatoms. The monoisotopic (exact) mass is 349 g/mol. The van der Waals surface area contributed by atoms with E-state index in [9.17, 15) is 9.59 Å². The number of nitrogens with one attached hydrogen (secondary N) is 1. The fraction of sp³-hybridized carbons (Fsp3) is 0.176. The van der Waals surface area contributed by atoms with Crippen LogP contribution >= 0.6 is 23.4 Å². The number of hydrogen-bond donors (Lipinski definition) is 1. The Kier molecular flexibility index (Phi) is 6.50. The summed E-state index contributed by atoms with van der Waals surface area (Å²) in [6.07, 6.45) is 0. The summed E-state index contributed by atoms with van der Waals surface area (Å²) in [4.78, 5) is 24.8. The van der Waals surface area contributed by atoms with Gasteiger partial charge in [-0.3, -0.25) is 4.79 Å². The number of carbonyl (C=O) groups excluding carboxylic acids is 2. The van der Waals surface area contributed by atoms with Crippen LogP contribution in [-0.4, -0.2) is 24.2 Å². The topological polar surface area (TPSA) is 55.4 Å². The Hall–Kier alpha value is -1.98. The predicted molar refractivity (Wildman–Crippen MR) is 93.2 cm³/mol. The fourth-order valence-corrected chi connectivity index (χ4v) is 2.87. The van der Waals surface area contributed by atoms with Crippen molar-refractivity contribution in [1.82, 2.24) is 0 Å². The van der Waals surface area contributed by atoms with Gasteiger partial charge in [0.2, 0.25) is 0 Å². The summed E-state index contributed by atoms with van der Waals surface area (Å²) < 4.78 is 5.08. The number of thioether (sulfide) groups is 1. The van der Waals surface area contributed by atoms with Gasteiger partial charge in [0, 0.05) is 15.6 Å². The first-order valence-corrected chi connectivity index (χ1v) is 8.41. The Labute approximate surface area is 144 Å². The minimum Gasteiger partial charge on any atom is -0.452 e. The van der Waals surface area contributed by atoms with Gasteiger partial charge in [-0.25, -0.2) is 4.79 Å². The molecule has 1 amide bonds. The molecule has 0 fully saturated rings. The highest BCUT2D eigenvalue weighted by atomic mass is 35.5. The molecule has 0 atom stereocenters. The summed E-state index contributed by atoms with van der Waals surface area (Å²) in [6, 6.07) is 13.9. The SMILES string of the molecule is CCSc1ccccc1C(=O)OCC(=O)Nc1cccc(Cl)c1. The molecule has 0 aliphatic rings. The van der Waals surface area contributed by atoms with Crippen molar-refractivity contribution in [2.45, 2.75) is 11.8 Å². The van der Waals surface area contributed by atoms with Crippen LogP contribution in [0.3, 0.4) is 0 Å². The van der Waals surface area contributed by atoms with Crippen LogP contribution in [0.1, 0.15) is 17.3 Å². The number of esters is 1. The molecule has 0 saturated heterocycles. The fourth-order valence-electron chi connectivity index (χ4n) is 1.89. The molecule has 2 aromatic rings. The number of benzene rings is 2. The van der Waals surface area contributed by atoms with Crippen LogP contribution < -0.4 is 5.32 Å². The lowest BCUT2D eigenvalue weighted by atomic mass is 10.2. The van der Waals surface area contributed by atoms with Crippen LogP contribution in [0.4, 0.5) is 5.69 Å². The first-order chi connectivity index (χ1) is 11.1. The van der Waals surface area contributed by atoms with Crippen LogP contribution in [0.25, 0.3) is 0 Å². The highest BCUT2D eigenvalue weighted by Gasteiger charge is 2.14. The standard InChI is InChI=1S/C17H16ClNO3S/c1-2-23-15-9-4-3-8-14(15)17(21)22-11-16(20)19-13-7-5-6-12(18)10-13/h3-10H,2,11H2,1H3,(H,19,20). The molecule has 0 aliphatic carbocycles. The molecule has 0 unspecified atom stereocenters. The molecule has 2 aromatic carbocycles. The minimum absolute atomic E-state index is 0.351. The van der Waals surface area contributed by atoms with Crippen LogP contribution in [-0.2, 0) is 9.53 Å². The molecule has 0 heterocycles. The molecule has 0 aromatic heterocycles. The first-order valence-electron chi connectivity index (χ1n) is 7.04. The third-order valence-corrected chi connectivity index (χ3v) is 4.04. The molecule has 0 radical (unpaired) electrons. The van der Waals surface area contributed by atoms with Crippen molar-refractivity contribution in [3.05, 3.63) is 59.1 Å². The maximum atomic E-state index is 12.1. The summed E-state index contributed by atoms with van der Waals surface area (Å²) in [5, 5.41) is 3.14. The number of rotatable bonds is 6. The van der Waals surface area contributed by atoms with Gasteiger partial charge < -0.3 is 10.1 Å². The predicted octanol–water partition coefficient (Wildman–Crippen LogP) is 4.25. The number of ether oxygens (including phenoxy) is 1. The summed E-state index contributed by atoms with van der Waals surface area (Å²) in [5.74, 6) is -0.0800. The Morgan fingerprint density at radius 1 is 1.17 bits per heavy atom. The Bertz CT molecular complexity index is 706. The zero-order valence-corrected chi connectivity index (χ0v) is 14.1. The number of amides is 1. The average Bonchev–Trinajstić information content (AvgIpc) is 2.53. The Morgan fingerprint density at radius 3 is 2.70 bits per heavy atom. The lowest BCUT2D eigenvalue weighted by Gasteiger charge is -2.09. The Morgan fingerprint density at radius 2 is 1.96 bits per heavy atom. The van der Waals surface area contributed by atoms with E-state index in [0.29, 0.717) is 16.3 Å². The minimum atomic E-state index is -0.511. The van der Waals surface area contributed by atoms with Gasteiger partial charge in [0.15, 0.2) is 6.61 Å². The van der Waals surface area contributed by atoms with E-state index in [1.165, 1.54) is 0 Å². The molecule has 0 saturated carbocycles. The third-order valence-electron chi connectivity index (χ3n) is 2.85. The lowest BCUT2D eigenvalue weighted by Crippen LogP contribution is -2.21. The van der Waals surface area contributed by atoms with E-state index in [1.54, 1.807) is 48.2 Å². The number of anilines is 1. The molecule has 120 valence electrons. The second-order valence-electron chi connectivity index (χ2n) is 4.56. The van der Waals surface area contributed by atoms with Gasteiger partial charge in [-0.15, -0.1) is 11.8 Å².